The van der Waals surface area contributed by atoms with Crippen LogP contribution in [0.4, 0.5) is 0 Å². The van der Waals surface area contributed by atoms with E-state index < -0.39 is 0 Å². The molecule has 0 saturated heterocycles. The molecular formula is C15H18BrN3O. The van der Waals surface area contributed by atoms with Gasteiger partial charge in [-0.15, -0.1) is 0 Å². The minimum absolute atomic E-state index is 0.00827. The number of aromatic nitrogens is 2. The maximum Gasteiger partial charge on any atom is 0.240 e. The molecule has 1 N–H and O–H groups in total. The first kappa shape index (κ1) is 14.8. The largest absolute Gasteiger partial charge is 0.354 e. The Hall–Kier alpha value is -1.62. The second kappa shape index (κ2) is 6.22. The second-order valence-corrected chi connectivity index (χ2v) is 6.32. The summed E-state index contributed by atoms with van der Waals surface area (Å²) in [5.74, 6) is -0.00827. The van der Waals surface area contributed by atoms with Gasteiger partial charge in [0.1, 0.15) is 6.54 Å². The van der Waals surface area contributed by atoms with Crippen LogP contribution in [-0.2, 0) is 16.8 Å². The van der Waals surface area contributed by atoms with Crippen molar-refractivity contribution in [3.63, 3.8) is 0 Å². The average molecular weight is 336 g/mol. The summed E-state index contributed by atoms with van der Waals surface area (Å²) in [6.07, 6.45) is 5.08. The van der Waals surface area contributed by atoms with E-state index in [9.17, 15) is 4.79 Å². The van der Waals surface area contributed by atoms with Gasteiger partial charge in [-0.05, 0) is 17.7 Å². The predicted molar refractivity (Wildman–Crippen MR) is 82.4 cm³/mol. The number of rotatable bonds is 5. The molecule has 1 amide bonds. The lowest BCUT2D eigenvalue weighted by Crippen LogP contribution is -2.38. The highest BCUT2D eigenvalue weighted by molar-refractivity contribution is 9.10. The number of hydrogen-bond acceptors (Lipinski definition) is 2. The highest BCUT2D eigenvalue weighted by Gasteiger charge is 2.21. The average Bonchev–Trinajstić information content (AvgIpc) is 2.89. The van der Waals surface area contributed by atoms with Crippen molar-refractivity contribution in [2.24, 2.45) is 0 Å². The van der Waals surface area contributed by atoms with E-state index in [-0.39, 0.29) is 11.3 Å². The van der Waals surface area contributed by atoms with E-state index in [2.05, 4.69) is 52.2 Å². The highest BCUT2D eigenvalue weighted by atomic mass is 79.9. The summed E-state index contributed by atoms with van der Waals surface area (Å²) < 4.78 is 2.80. The first-order chi connectivity index (χ1) is 9.47. The quantitative estimate of drug-likeness (QED) is 0.913. The fourth-order valence-electron chi connectivity index (χ4n) is 1.93. The summed E-state index contributed by atoms with van der Waals surface area (Å²) in [4.78, 5) is 15.8. The van der Waals surface area contributed by atoms with Crippen LogP contribution in [0.5, 0.6) is 0 Å². The smallest absolute Gasteiger partial charge is 0.240 e. The fourth-order valence-corrected chi connectivity index (χ4v) is 2.33. The maximum absolute atomic E-state index is 11.9. The Kier molecular flexibility index (Phi) is 4.60. The Labute approximate surface area is 127 Å². The van der Waals surface area contributed by atoms with E-state index in [4.69, 9.17) is 0 Å². The molecule has 0 unspecified atom stereocenters. The van der Waals surface area contributed by atoms with E-state index in [1.54, 1.807) is 23.3 Å². The second-order valence-electron chi connectivity index (χ2n) is 5.41. The molecule has 0 aliphatic heterocycles. The zero-order valence-corrected chi connectivity index (χ0v) is 13.2. The third-order valence-corrected chi connectivity index (χ3v) is 3.71. The molecule has 2 aromatic rings. The number of carbonyl (C=O) groups is 1. The van der Waals surface area contributed by atoms with Crippen LogP contribution < -0.4 is 5.32 Å². The van der Waals surface area contributed by atoms with E-state index in [0.29, 0.717) is 13.1 Å². The van der Waals surface area contributed by atoms with Crippen molar-refractivity contribution < 1.29 is 4.79 Å². The van der Waals surface area contributed by atoms with Gasteiger partial charge in [-0.1, -0.05) is 41.9 Å². The van der Waals surface area contributed by atoms with Crippen LogP contribution >= 0.6 is 15.9 Å². The molecule has 0 aliphatic rings. The summed E-state index contributed by atoms with van der Waals surface area (Å²) in [6.45, 7) is 5.13. The summed E-state index contributed by atoms with van der Waals surface area (Å²) >= 11 is 3.48. The lowest BCUT2D eigenvalue weighted by molar-refractivity contribution is -0.121. The molecule has 0 spiro atoms. The first-order valence-electron chi connectivity index (χ1n) is 6.46. The lowest BCUT2D eigenvalue weighted by Gasteiger charge is -2.26. The Morgan fingerprint density at radius 2 is 2.25 bits per heavy atom. The van der Waals surface area contributed by atoms with Crippen LogP contribution in [-0.4, -0.2) is 22.0 Å². The SMILES string of the molecule is CC(C)(CNC(=O)Cn1ccnc1)c1cccc(Br)c1. The molecule has 20 heavy (non-hydrogen) atoms. The molecule has 0 saturated carbocycles. The third-order valence-electron chi connectivity index (χ3n) is 3.22. The van der Waals surface area contributed by atoms with Crippen LogP contribution in [0.3, 0.4) is 0 Å². The Bertz CT molecular complexity index is 579. The van der Waals surface area contributed by atoms with Crippen molar-refractivity contribution in [2.45, 2.75) is 25.8 Å². The monoisotopic (exact) mass is 335 g/mol. The minimum atomic E-state index is -0.117. The number of amides is 1. The molecule has 4 nitrogen and oxygen atoms in total. The molecule has 2 rings (SSSR count). The van der Waals surface area contributed by atoms with Gasteiger partial charge in [0.15, 0.2) is 0 Å². The van der Waals surface area contributed by atoms with Gasteiger partial charge in [-0.3, -0.25) is 4.79 Å². The van der Waals surface area contributed by atoms with Crippen molar-refractivity contribution in [1.29, 1.82) is 0 Å². The summed E-state index contributed by atoms with van der Waals surface area (Å²) in [6, 6.07) is 8.17. The van der Waals surface area contributed by atoms with Crippen LogP contribution in [0.25, 0.3) is 0 Å². The minimum Gasteiger partial charge on any atom is -0.354 e. The van der Waals surface area contributed by atoms with Crippen LogP contribution in [0.2, 0.25) is 0 Å². The molecule has 0 radical (unpaired) electrons. The first-order valence-corrected chi connectivity index (χ1v) is 7.25. The zero-order valence-electron chi connectivity index (χ0n) is 11.6. The Morgan fingerprint density at radius 3 is 2.90 bits per heavy atom. The van der Waals surface area contributed by atoms with E-state index >= 15 is 0 Å². The molecular weight excluding hydrogens is 318 g/mol. The maximum atomic E-state index is 11.9. The van der Waals surface area contributed by atoms with Crippen LogP contribution in [0.15, 0.2) is 47.5 Å². The van der Waals surface area contributed by atoms with Crippen molar-refractivity contribution >= 4 is 21.8 Å². The van der Waals surface area contributed by atoms with Crippen molar-refractivity contribution in [3.05, 3.63) is 53.0 Å². The van der Waals surface area contributed by atoms with Gasteiger partial charge >= 0.3 is 0 Å². The van der Waals surface area contributed by atoms with E-state index in [1.165, 1.54) is 5.56 Å². The number of imidazole rings is 1. The Balaban J connectivity index is 1.93. The number of halogens is 1. The van der Waals surface area contributed by atoms with Gasteiger partial charge in [-0.2, -0.15) is 0 Å². The lowest BCUT2D eigenvalue weighted by atomic mass is 9.84. The number of benzene rings is 1. The summed E-state index contributed by atoms with van der Waals surface area (Å²) in [5.41, 5.74) is 1.07. The third kappa shape index (κ3) is 3.93. The molecule has 0 atom stereocenters. The number of nitrogens with one attached hydrogen (secondary N) is 1. The van der Waals surface area contributed by atoms with Crippen molar-refractivity contribution in [2.75, 3.05) is 6.54 Å². The van der Waals surface area contributed by atoms with E-state index in [1.807, 2.05) is 12.1 Å². The summed E-state index contributed by atoms with van der Waals surface area (Å²) in [5, 5.41) is 2.98. The number of nitrogens with zero attached hydrogens (tertiary/aromatic N) is 2. The van der Waals surface area contributed by atoms with Gasteiger partial charge in [0.25, 0.3) is 0 Å². The van der Waals surface area contributed by atoms with Crippen molar-refractivity contribution in [3.8, 4) is 0 Å². The fraction of sp³-hybridized carbons (Fsp3) is 0.333. The number of carbonyl (C=O) groups excluding carboxylic acids is 1. The van der Waals surface area contributed by atoms with Crippen molar-refractivity contribution in [1.82, 2.24) is 14.9 Å². The van der Waals surface area contributed by atoms with Gasteiger partial charge in [0.2, 0.25) is 5.91 Å². The normalized spacial score (nSPS) is 11.3. The zero-order chi connectivity index (χ0) is 14.6. The molecule has 1 aromatic carbocycles. The molecule has 1 aromatic heterocycles. The van der Waals surface area contributed by atoms with Gasteiger partial charge < -0.3 is 9.88 Å². The van der Waals surface area contributed by atoms with Crippen LogP contribution in [0, 0.1) is 0 Å². The molecule has 106 valence electrons. The summed E-state index contributed by atoms with van der Waals surface area (Å²) in [7, 11) is 0. The van der Waals surface area contributed by atoms with Gasteiger partial charge in [0.05, 0.1) is 6.33 Å². The molecule has 5 heteroatoms. The molecule has 0 aliphatic carbocycles. The highest BCUT2D eigenvalue weighted by Crippen LogP contribution is 2.24. The molecule has 1 heterocycles. The molecule has 0 bridgehead atoms. The van der Waals surface area contributed by atoms with Gasteiger partial charge in [0, 0.05) is 28.8 Å². The standard InChI is InChI=1S/C15H18BrN3O/c1-15(2,12-4-3-5-13(16)8-12)10-18-14(20)9-19-7-6-17-11-19/h3-8,11H,9-10H2,1-2H3,(H,18,20). The van der Waals surface area contributed by atoms with Gasteiger partial charge in [-0.25, -0.2) is 4.98 Å². The molecule has 0 fully saturated rings. The van der Waals surface area contributed by atoms with E-state index in [0.717, 1.165) is 4.47 Å². The topological polar surface area (TPSA) is 46.9 Å². The predicted octanol–water partition coefficient (Wildman–Crippen LogP) is 2.74. The number of hydrogen-bond donors (Lipinski definition) is 1. The van der Waals surface area contributed by atoms with Crippen LogP contribution in [0.1, 0.15) is 19.4 Å². The Morgan fingerprint density at radius 1 is 1.45 bits per heavy atom.